The van der Waals surface area contributed by atoms with Crippen LogP contribution in [-0.4, -0.2) is 28.1 Å². The molecule has 1 saturated heterocycles. The number of nitrogens with zero attached hydrogens (tertiary/aromatic N) is 2. The van der Waals surface area contributed by atoms with Gasteiger partial charge in [0.05, 0.1) is 12.3 Å². The average molecular weight is 358 g/mol. The van der Waals surface area contributed by atoms with E-state index >= 15 is 0 Å². The molecule has 2 aromatic carbocycles. The highest BCUT2D eigenvalue weighted by atomic mass is 16.3. The predicted molar refractivity (Wildman–Crippen MR) is 109 cm³/mol. The lowest BCUT2D eigenvalue weighted by Crippen LogP contribution is -2.34. The number of aliphatic hydroxyl groups is 1. The first kappa shape index (κ1) is 17.9. The van der Waals surface area contributed by atoms with Crippen LogP contribution in [0, 0.1) is 0 Å². The normalized spacial score (nSPS) is 17.7. The molecule has 4 rings (SSSR count). The van der Waals surface area contributed by atoms with Crippen molar-refractivity contribution in [1.82, 2.24) is 9.88 Å². The third-order valence-electron chi connectivity index (χ3n) is 5.38. The zero-order valence-electron chi connectivity index (χ0n) is 15.6. The van der Waals surface area contributed by atoms with Gasteiger partial charge < -0.3 is 5.11 Å². The average Bonchev–Trinajstić information content (AvgIpc) is 2.75. The first-order valence-corrected chi connectivity index (χ1v) is 9.75. The minimum Gasteiger partial charge on any atom is -0.392 e. The molecule has 27 heavy (non-hydrogen) atoms. The molecule has 3 heteroatoms. The highest BCUT2D eigenvalue weighted by molar-refractivity contribution is 5.59. The van der Waals surface area contributed by atoms with Crippen LogP contribution in [0.4, 0.5) is 0 Å². The number of aromatic nitrogens is 1. The van der Waals surface area contributed by atoms with Crippen molar-refractivity contribution in [1.29, 1.82) is 0 Å². The molecule has 0 spiro atoms. The number of aliphatic hydroxyl groups excluding tert-OH is 1. The van der Waals surface area contributed by atoms with Crippen LogP contribution < -0.4 is 0 Å². The second-order valence-corrected chi connectivity index (χ2v) is 7.36. The number of hydrogen-bond donors (Lipinski definition) is 1. The van der Waals surface area contributed by atoms with E-state index in [-0.39, 0.29) is 6.61 Å². The molecule has 3 nitrogen and oxygen atoms in total. The van der Waals surface area contributed by atoms with Crippen LogP contribution >= 0.6 is 0 Å². The van der Waals surface area contributed by atoms with E-state index in [1.165, 1.54) is 24.1 Å². The Bertz CT molecular complexity index is 861. The van der Waals surface area contributed by atoms with E-state index in [2.05, 4.69) is 53.4 Å². The molecule has 0 saturated carbocycles. The van der Waals surface area contributed by atoms with Crippen molar-refractivity contribution >= 4 is 0 Å². The molecule has 0 bridgehead atoms. The van der Waals surface area contributed by atoms with Crippen molar-refractivity contribution < 1.29 is 5.11 Å². The van der Waals surface area contributed by atoms with Crippen molar-refractivity contribution in [3.05, 3.63) is 89.6 Å². The summed E-state index contributed by atoms with van der Waals surface area (Å²) in [5.74, 6) is 0.485. The second-order valence-electron chi connectivity index (χ2n) is 7.36. The highest BCUT2D eigenvalue weighted by Gasteiger charge is 2.22. The van der Waals surface area contributed by atoms with E-state index in [1.807, 2.05) is 24.3 Å². The Morgan fingerprint density at radius 2 is 1.70 bits per heavy atom. The maximum absolute atomic E-state index is 9.22. The van der Waals surface area contributed by atoms with Gasteiger partial charge in [0.15, 0.2) is 0 Å². The Morgan fingerprint density at radius 3 is 2.48 bits per heavy atom. The van der Waals surface area contributed by atoms with Gasteiger partial charge in [-0.2, -0.15) is 0 Å². The van der Waals surface area contributed by atoms with Crippen LogP contribution in [0.5, 0.6) is 0 Å². The fourth-order valence-electron chi connectivity index (χ4n) is 3.90. The summed E-state index contributed by atoms with van der Waals surface area (Å²) in [6.07, 6.45) is 2.42. The third kappa shape index (κ3) is 4.44. The van der Waals surface area contributed by atoms with Gasteiger partial charge in [-0.3, -0.25) is 9.88 Å². The van der Waals surface area contributed by atoms with Crippen molar-refractivity contribution in [2.45, 2.75) is 31.9 Å². The van der Waals surface area contributed by atoms with E-state index in [0.717, 1.165) is 36.5 Å². The summed E-state index contributed by atoms with van der Waals surface area (Å²) in [6.45, 7) is 3.31. The largest absolute Gasteiger partial charge is 0.392 e. The number of benzene rings is 2. The fourth-order valence-corrected chi connectivity index (χ4v) is 3.90. The van der Waals surface area contributed by atoms with Gasteiger partial charge in [0.1, 0.15) is 0 Å². The van der Waals surface area contributed by atoms with E-state index in [4.69, 9.17) is 4.98 Å². The van der Waals surface area contributed by atoms with Crippen molar-refractivity contribution in [2.24, 2.45) is 0 Å². The predicted octanol–water partition coefficient (Wildman–Crippen LogP) is 4.62. The molecule has 1 atom stereocenters. The quantitative estimate of drug-likeness (QED) is 0.723. The lowest BCUT2D eigenvalue weighted by atomic mass is 9.93. The molecule has 0 unspecified atom stereocenters. The lowest BCUT2D eigenvalue weighted by Gasteiger charge is -2.32. The summed E-state index contributed by atoms with van der Waals surface area (Å²) in [5, 5.41) is 9.22. The molecule has 1 N–H and O–H groups in total. The van der Waals surface area contributed by atoms with E-state index in [0.29, 0.717) is 5.92 Å². The van der Waals surface area contributed by atoms with Crippen LogP contribution in [-0.2, 0) is 13.2 Å². The van der Waals surface area contributed by atoms with Gasteiger partial charge in [-0.05, 0) is 42.6 Å². The second kappa shape index (κ2) is 8.47. The van der Waals surface area contributed by atoms with Crippen LogP contribution in [0.25, 0.3) is 11.3 Å². The standard InChI is InChI=1S/C24H26N2O/c27-18-20-11-13-21(14-12-20)23-9-4-10-24(25-23)22-8-5-15-26(17-22)16-19-6-2-1-3-7-19/h1-4,6-7,9-14,22,27H,5,8,15-18H2/t22-/m0/s1. The summed E-state index contributed by atoms with van der Waals surface area (Å²) in [5.41, 5.74) is 5.61. The molecule has 0 amide bonds. The molecule has 1 fully saturated rings. The molecule has 138 valence electrons. The first-order valence-electron chi connectivity index (χ1n) is 9.75. The van der Waals surface area contributed by atoms with Gasteiger partial charge in [-0.15, -0.1) is 0 Å². The molecule has 2 heterocycles. The maximum atomic E-state index is 9.22. The Hall–Kier alpha value is -2.49. The topological polar surface area (TPSA) is 36.4 Å². The van der Waals surface area contributed by atoms with E-state index in [1.54, 1.807) is 0 Å². The van der Waals surface area contributed by atoms with Crippen LogP contribution in [0.1, 0.15) is 35.6 Å². The zero-order chi connectivity index (χ0) is 18.5. The molecule has 3 aromatic rings. The molecule has 1 aromatic heterocycles. The third-order valence-corrected chi connectivity index (χ3v) is 5.38. The van der Waals surface area contributed by atoms with Gasteiger partial charge in [-0.25, -0.2) is 0 Å². The molecular weight excluding hydrogens is 332 g/mol. The monoisotopic (exact) mass is 358 g/mol. The minimum atomic E-state index is 0.0765. The van der Waals surface area contributed by atoms with Gasteiger partial charge >= 0.3 is 0 Å². The molecule has 0 radical (unpaired) electrons. The van der Waals surface area contributed by atoms with Gasteiger partial charge in [0, 0.05) is 30.3 Å². The Morgan fingerprint density at radius 1 is 0.889 bits per heavy atom. The summed E-state index contributed by atoms with van der Waals surface area (Å²) >= 11 is 0. The number of rotatable bonds is 5. The maximum Gasteiger partial charge on any atom is 0.0705 e. The summed E-state index contributed by atoms with van der Waals surface area (Å²) < 4.78 is 0. The Balaban J connectivity index is 1.49. The molecular formula is C24H26N2O. The fraction of sp³-hybridized carbons (Fsp3) is 0.292. The number of piperidine rings is 1. The minimum absolute atomic E-state index is 0.0765. The number of hydrogen-bond acceptors (Lipinski definition) is 3. The number of pyridine rings is 1. The smallest absolute Gasteiger partial charge is 0.0705 e. The summed E-state index contributed by atoms with van der Waals surface area (Å²) in [6, 6.07) is 25.1. The SMILES string of the molecule is OCc1ccc(-c2cccc([C@H]3CCCN(Cc4ccccc4)C3)n2)cc1. The molecule has 1 aliphatic heterocycles. The van der Waals surface area contributed by atoms with E-state index < -0.39 is 0 Å². The van der Waals surface area contributed by atoms with Crippen molar-refractivity contribution in [3.63, 3.8) is 0 Å². The van der Waals surface area contributed by atoms with Crippen molar-refractivity contribution in [2.75, 3.05) is 13.1 Å². The summed E-state index contributed by atoms with van der Waals surface area (Å²) in [7, 11) is 0. The number of likely N-dealkylation sites (tertiary alicyclic amines) is 1. The lowest BCUT2D eigenvalue weighted by molar-refractivity contribution is 0.198. The zero-order valence-corrected chi connectivity index (χ0v) is 15.6. The van der Waals surface area contributed by atoms with E-state index in [9.17, 15) is 5.11 Å². The summed E-state index contributed by atoms with van der Waals surface area (Å²) in [4.78, 5) is 7.52. The first-order chi connectivity index (χ1) is 13.3. The van der Waals surface area contributed by atoms with Crippen LogP contribution in [0.15, 0.2) is 72.8 Å². The van der Waals surface area contributed by atoms with Crippen molar-refractivity contribution in [3.8, 4) is 11.3 Å². The Kier molecular flexibility index (Phi) is 5.61. The van der Waals surface area contributed by atoms with Gasteiger partial charge in [-0.1, -0.05) is 60.7 Å². The Labute approximate surface area is 161 Å². The van der Waals surface area contributed by atoms with Crippen LogP contribution in [0.2, 0.25) is 0 Å². The van der Waals surface area contributed by atoms with Crippen LogP contribution in [0.3, 0.4) is 0 Å². The molecule has 0 aliphatic carbocycles. The highest BCUT2D eigenvalue weighted by Crippen LogP contribution is 2.28. The molecule has 1 aliphatic rings. The van der Waals surface area contributed by atoms with Gasteiger partial charge in [0.2, 0.25) is 0 Å². The van der Waals surface area contributed by atoms with Gasteiger partial charge in [0.25, 0.3) is 0 Å².